The van der Waals surface area contributed by atoms with Crippen LogP contribution in [-0.4, -0.2) is 34.1 Å². The van der Waals surface area contributed by atoms with E-state index < -0.39 is 10.8 Å². The van der Waals surface area contributed by atoms with Crippen LogP contribution in [0.15, 0.2) is 18.2 Å². The Morgan fingerprint density at radius 3 is 2.78 bits per heavy atom. The first-order valence-corrected chi connectivity index (χ1v) is 10.1. The number of aryl methyl sites for hydroxylation is 1. The van der Waals surface area contributed by atoms with E-state index >= 15 is 0 Å². The maximum atomic E-state index is 12.9. The number of nitrogens with one attached hydrogen (secondary N) is 1. The predicted molar refractivity (Wildman–Crippen MR) is 106 cm³/mol. The number of amides is 1. The highest BCUT2D eigenvalue weighted by Crippen LogP contribution is 2.29. The van der Waals surface area contributed by atoms with Crippen LogP contribution in [0, 0.1) is 10.1 Å². The molecule has 1 saturated heterocycles. The Kier molecular flexibility index (Phi) is 6.33. The molecule has 1 aromatic heterocycles. The number of piperidine rings is 1. The number of nitro groups is 1. The maximum absolute atomic E-state index is 12.9. The Balaban J connectivity index is 1.83. The van der Waals surface area contributed by atoms with E-state index in [0.717, 1.165) is 62.3 Å². The van der Waals surface area contributed by atoms with Crippen LogP contribution in [0.5, 0.6) is 0 Å². The lowest BCUT2D eigenvalue weighted by Gasteiger charge is -2.30. The van der Waals surface area contributed by atoms with Gasteiger partial charge in [0.25, 0.3) is 11.6 Å². The fourth-order valence-corrected chi connectivity index (χ4v) is 3.90. The molecule has 9 heteroatoms. The van der Waals surface area contributed by atoms with Crippen LogP contribution in [0.3, 0.4) is 0 Å². The van der Waals surface area contributed by atoms with E-state index in [1.165, 1.54) is 23.5 Å². The smallest absolute Gasteiger partial charge is 0.270 e. The number of nitro benzene ring substituents is 1. The highest BCUT2D eigenvalue weighted by Gasteiger charge is 2.22. The van der Waals surface area contributed by atoms with Gasteiger partial charge >= 0.3 is 0 Å². The molecular weight excluding hydrogens is 366 g/mol. The highest BCUT2D eigenvalue weighted by atomic mass is 32.1. The number of nitrogens with zero attached hydrogens (tertiary/aromatic N) is 4. The zero-order valence-electron chi connectivity index (χ0n) is 15.3. The molecule has 2 heterocycles. The first kappa shape index (κ1) is 19.2. The van der Waals surface area contributed by atoms with Crippen molar-refractivity contribution >= 4 is 33.8 Å². The SMILES string of the molecule is CCCCc1nnc(NC(=O)c2cc([N+](=O)[O-])ccc2N2CCCCC2)s1. The summed E-state index contributed by atoms with van der Waals surface area (Å²) in [5.74, 6) is -0.391. The molecule has 0 unspecified atom stereocenters. The number of unbranched alkanes of at least 4 members (excludes halogenated alkanes) is 1. The minimum atomic E-state index is -0.482. The van der Waals surface area contributed by atoms with Gasteiger partial charge in [0, 0.05) is 31.6 Å². The number of carbonyl (C=O) groups excluding carboxylic acids is 1. The number of anilines is 2. The lowest BCUT2D eigenvalue weighted by Crippen LogP contribution is -2.31. The Labute approximate surface area is 161 Å². The van der Waals surface area contributed by atoms with Crippen LogP contribution in [0.1, 0.15) is 54.4 Å². The zero-order valence-corrected chi connectivity index (χ0v) is 16.1. The standard InChI is InChI=1S/C18H23N5O3S/c1-2-3-7-16-20-21-18(27-16)19-17(24)14-12-13(23(25)26)8-9-15(14)22-10-5-4-6-11-22/h8-9,12H,2-7,10-11H2,1H3,(H,19,21,24). The third-order valence-electron chi connectivity index (χ3n) is 4.56. The summed E-state index contributed by atoms with van der Waals surface area (Å²) in [5.41, 5.74) is 0.937. The van der Waals surface area contributed by atoms with Gasteiger partial charge in [0.05, 0.1) is 16.2 Å². The summed E-state index contributed by atoms with van der Waals surface area (Å²) in [6, 6.07) is 4.47. The van der Waals surface area contributed by atoms with Gasteiger partial charge in [-0.3, -0.25) is 20.2 Å². The average Bonchev–Trinajstić information content (AvgIpc) is 3.13. The molecule has 0 atom stereocenters. The van der Waals surface area contributed by atoms with Crippen molar-refractivity contribution in [3.05, 3.63) is 38.9 Å². The second-order valence-corrected chi connectivity index (χ2v) is 7.63. The maximum Gasteiger partial charge on any atom is 0.270 e. The summed E-state index contributed by atoms with van der Waals surface area (Å²) in [7, 11) is 0. The molecule has 3 rings (SSSR count). The van der Waals surface area contributed by atoms with Gasteiger partial charge in [-0.25, -0.2) is 0 Å². The lowest BCUT2D eigenvalue weighted by molar-refractivity contribution is -0.384. The first-order valence-electron chi connectivity index (χ1n) is 9.25. The number of aromatic nitrogens is 2. The van der Waals surface area contributed by atoms with Crippen molar-refractivity contribution in [1.29, 1.82) is 0 Å². The first-order chi connectivity index (χ1) is 13.1. The topological polar surface area (TPSA) is 101 Å². The Bertz CT molecular complexity index is 817. The fourth-order valence-electron chi connectivity index (χ4n) is 3.13. The number of non-ortho nitro benzene ring substituents is 1. The highest BCUT2D eigenvalue weighted by molar-refractivity contribution is 7.15. The second kappa shape index (κ2) is 8.90. The van der Waals surface area contributed by atoms with E-state index in [1.54, 1.807) is 6.07 Å². The number of hydrogen-bond acceptors (Lipinski definition) is 7. The number of hydrogen-bond donors (Lipinski definition) is 1. The van der Waals surface area contributed by atoms with Gasteiger partial charge in [-0.05, 0) is 31.7 Å². The van der Waals surface area contributed by atoms with Gasteiger partial charge in [0.15, 0.2) is 0 Å². The van der Waals surface area contributed by atoms with Gasteiger partial charge < -0.3 is 4.90 Å². The molecule has 0 saturated carbocycles. The van der Waals surface area contributed by atoms with Crippen molar-refractivity contribution in [1.82, 2.24) is 10.2 Å². The van der Waals surface area contributed by atoms with Crippen LogP contribution in [0.25, 0.3) is 0 Å². The molecule has 144 valence electrons. The largest absolute Gasteiger partial charge is 0.371 e. The molecule has 1 fully saturated rings. The van der Waals surface area contributed by atoms with E-state index in [9.17, 15) is 14.9 Å². The van der Waals surface area contributed by atoms with Crippen molar-refractivity contribution in [2.24, 2.45) is 0 Å². The van der Waals surface area contributed by atoms with Gasteiger partial charge in [-0.1, -0.05) is 24.7 Å². The molecule has 0 radical (unpaired) electrons. The van der Waals surface area contributed by atoms with Crippen LogP contribution in [-0.2, 0) is 6.42 Å². The monoisotopic (exact) mass is 389 g/mol. The molecule has 0 bridgehead atoms. The zero-order chi connectivity index (χ0) is 19.2. The van der Waals surface area contributed by atoms with E-state index in [1.807, 2.05) is 0 Å². The average molecular weight is 389 g/mol. The van der Waals surface area contributed by atoms with Gasteiger partial charge in [-0.15, -0.1) is 10.2 Å². The van der Waals surface area contributed by atoms with Crippen molar-refractivity contribution in [3.8, 4) is 0 Å². The van der Waals surface area contributed by atoms with Gasteiger partial charge in [0.1, 0.15) is 5.01 Å². The quantitative estimate of drug-likeness (QED) is 0.567. The number of carbonyl (C=O) groups is 1. The summed E-state index contributed by atoms with van der Waals surface area (Å²) in [6.45, 7) is 3.80. The van der Waals surface area contributed by atoms with Crippen LogP contribution < -0.4 is 10.2 Å². The Morgan fingerprint density at radius 1 is 1.30 bits per heavy atom. The molecular formula is C18H23N5O3S. The Morgan fingerprint density at radius 2 is 2.07 bits per heavy atom. The van der Waals surface area contributed by atoms with Crippen molar-refractivity contribution in [3.63, 3.8) is 0 Å². The third kappa shape index (κ3) is 4.79. The molecule has 1 N–H and O–H groups in total. The van der Waals surface area contributed by atoms with Crippen molar-refractivity contribution < 1.29 is 9.72 Å². The minimum absolute atomic E-state index is 0.0955. The molecule has 1 aliphatic heterocycles. The summed E-state index contributed by atoms with van der Waals surface area (Å²) in [4.78, 5) is 25.7. The summed E-state index contributed by atoms with van der Waals surface area (Å²) in [5, 5.41) is 23.3. The van der Waals surface area contributed by atoms with E-state index in [2.05, 4.69) is 27.3 Å². The van der Waals surface area contributed by atoms with E-state index in [4.69, 9.17) is 0 Å². The molecule has 0 aliphatic carbocycles. The van der Waals surface area contributed by atoms with E-state index in [0.29, 0.717) is 10.7 Å². The van der Waals surface area contributed by atoms with Crippen molar-refractivity contribution in [2.75, 3.05) is 23.3 Å². The van der Waals surface area contributed by atoms with E-state index in [-0.39, 0.29) is 5.69 Å². The fraction of sp³-hybridized carbons (Fsp3) is 0.500. The molecule has 27 heavy (non-hydrogen) atoms. The van der Waals surface area contributed by atoms with Crippen LogP contribution >= 0.6 is 11.3 Å². The molecule has 1 aliphatic rings. The summed E-state index contributed by atoms with van der Waals surface area (Å²) >= 11 is 1.35. The molecule has 8 nitrogen and oxygen atoms in total. The molecule has 1 amide bonds. The summed E-state index contributed by atoms with van der Waals surface area (Å²) in [6.07, 6.45) is 6.18. The van der Waals surface area contributed by atoms with Crippen LogP contribution in [0.2, 0.25) is 0 Å². The molecule has 2 aromatic rings. The van der Waals surface area contributed by atoms with Crippen molar-refractivity contribution in [2.45, 2.75) is 45.4 Å². The predicted octanol–water partition coefficient (Wildman–Crippen LogP) is 4.03. The summed E-state index contributed by atoms with van der Waals surface area (Å²) < 4.78 is 0. The lowest BCUT2D eigenvalue weighted by atomic mass is 10.1. The Hall–Kier alpha value is -2.55. The van der Waals surface area contributed by atoms with Gasteiger partial charge in [-0.2, -0.15) is 0 Å². The second-order valence-electron chi connectivity index (χ2n) is 6.56. The third-order valence-corrected chi connectivity index (χ3v) is 5.46. The normalized spacial score (nSPS) is 14.2. The molecule has 0 spiro atoms. The molecule has 1 aromatic carbocycles. The number of benzene rings is 1. The van der Waals surface area contributed by atoms with Gasteiger partial charge in [0.2, 0.25) is 5.13 Å². The number of rotatable bonds is 7. The van der Waals surface area contributed by atoms with Crippen LogP contribution in [0.4, 0.5) is 16.5 Å². The minimum Gasteiger partial charge on any atom is -0.371 e.